The topological polar surface area (TPSA) is 53.5 Å². The Bertz CT molecular complexity index is 835. The number of hydrogen-bond acceptors (Lipinski definition) is 4. The monoisotopic (exact) mass is 383 g/mol. The van der Waals surface area contributed by atoms with Gasteiger partial charge in [-0.15, -0.1) is 11.3 Å². The summed E-state index contributed by atoms with van der Waals surface area (Å²) in [6.07, 6.45) is 3.54. The summed E-state index contributed by atoms with van der Waals surface area (Å²) in [5.74, 6) is 0.194. The van der Waals surface area contributed by atoms with Gasteiger partial charge < -0.3 is 9.80 Å². The summed E-state index contributed by atoms with van der Waals surface area (Å²) in [5.41, 5.74) is 1.38. The smallest absolute Gasteiger partial charge is 0.273 e. The minimum atomic E-state index is -0.393. The maximum absolute atomic E-state index is 13.3. The first-order valence-electron chi connectivity index (χ1n) is 9.62. The van der Waals surface area contributed by atoms with Gasteiger partial charge in [0.2, 0.25) is 5.91 Å². The van der Waals surface area contributed by atoms with E-state index in [2.05, 4.69) is 17.1 Å². The van der Waals surface area contributed by atoms with Crippen molar-refractivity contribution in [1.82, 2.24) is 14.8 Å². The van der Waals surface area contributed by atoms with E-state index in [0.717, 1.165) is 43.8 Å². The molecule has 0 saturated carbocycles. The SMILES string of the molecule is Cc1nc(C(=O)N2CCC3(CCCN(CCc4ccccc4)C3=O)C2)cs1. The highest BCUT2D eigenvalue weighted by Gasteiger charge is 2.49. The quantitative estimate of drug-likeness (QED) is 0.815. The van der Waals surface area contributed by atoms with Crippen LogP contribution in [0.15, 0.2) is 35.7 Å². The number of benzene rings is 1. The fraction of sp³-hybridized carbons (Fsp3) is 0.476. The Labute approximate surface area is 164 Å². The molecule has 2 aromatic rings. The molecule has 0 N–H and O–H groups in total. The van der Waals surface area contributed by atoms with Gasteiger partial charge in [0.05, 0.1) is 10.4 Å². The first-order valence-corrected chi connectivity index (χ1v) is 10.5. The van der Waals surface area contributed by atoms with Crippen LogP contribution in [-0.2, 0) is 11.2 Å². The van der Waals surface area contributed by atoms with Crippen LogP contribution in [0, 0.1) is 12.3 Å². The van der Waals surface area contributed by atoms with Crippen molar-refractivity contribution >= 4 is 23.2 Å². The van der Waals surface area contributed by atoms with E-state index in [-0.39, 0.29) is 11.8 Å². The third-order valence-electron chi connectivity index (χ3n) is 5.82. The van der Waals surface area contributed by atoms with Crippen molar-refractivity contribution < 1.29 is 9.59 Å². The molecule has 2 fully saturated rings. The van der Waals surface area contributed by atoms with Crippen molar-refractivity contribution in [3.05, 3.63) is 52.0 Å². The van der Waals surface area contributed by atoms with Gasteiger partial charge in [-0.25, -0.2) is 4.98 Å². The molecule has 2 saturated heterocycles. The Hall–Kier alpha value is -2.21. The lowest BCUT2D eigenvalue weighted by Gasteiger charge is -2.39. The second-order valence-corrected chi connectivity index (χ2v) is 8.70. The van der Waals surface area contributed by atoms with Crippen LogP contribution >= 0.6 is 11.3 Å². The predicted octanol–water partition coefficient (Wildman–Crippen LogP) is 3.15. The van der Waals surface area contributed by atoms with Crippen molar-refractivity contribution in [2.45, 2.75) is 32.6 Å². The van der Waals surface area contributed by atoms with E-state index in [9.17, 15) is 9.59 Å². The van der Waals surface area contributed by atoms with E-state index in [1.807, 2.05) is 40.3 Å². The maximum Gasteiger partial charge on any atom is 0.273 e. The van der Waals surface area contributed by atoms with Crippen molar-refractivity contribution in [3.8, 4) is 0 Å². The highest BCUT2D eigenvalue weighted by molar-refractivity contribution is 7.09. The second-order valence-electron chi connectivity index (χ2n) is 7.64. The van der Waals surface area contributed by atoms with Crippen LogP contribution in [0.3, 0.4) is 0 Å². The Morgan fingerprint density at radius 1 is 1.22 bits per heavy atom. The molecule has 0 aliphatic carbocycles. The van der Waals surface area contributed by atoms with Gasteiger partial charge in [-0.05, 0) is 38.2 Å². The molecule has 1 unspecified atom stereocenters. The van der Waals surface area contributed by atoms with Crippen LogP contribution in [-0.4, -0.2) is 52.8 Å². The van der Waals surface area contributed by atoms with Gasteiger partial charge in [-0.2, -0.15) is 0 Å². The molecule has 0 bridgehead atoms. The van der Waals surface area contributed by atoms with Crippen molar-refractivity contribution in [2.24, 2.45) is 5.41 Å². The first kappa shape index (κ1) is 18.2. The lowest BCUT2D eigenvalue weighted by Crippen LogP contribution is -2.50. The van der Waals surface area contributed by atoms with Gasteiger partial charge in [-0.3, -0.25) is 9.59 Å². The summed E-state index contributed by atoms with van der Waals surface area (Å²) < 4.78 is 0. The first-order chi connectivity index (χ1) is 13.1. The molecule has 1 aromatic carbocycles. The summed E-state index contributed by atoms with van der Waals surface area (Å²) in [7, 11) is 0. The van der Waals surface area contributed by atoms with Gasteiger partial charge in [0.15, 0.2) is 0 Å². The zero-order valence-electron chi connectivity index (χ0n) is 15.7. The number of likely N-dealkylation sites (tertiary alicyclic amines) is 2. The van der Waals surface area contributed by atoms with Crippen LogP contribution in [0.25, 0.3) is 0 Å². The fourth-order valence-corrected chi connectivity index (χ4v) is 4.91. The third kappa shape index (κ3) is 3.63. The number of nitrogens with zero attached hydrogens (tertiary/aromatic N) is 3. The summed E-state index contributed by atoms with van der Waals surface area (Å²) in [5, 5.41) is 2.71. The molecule has 4 rings (SSSR count). The number of carbonyl (C=O) groups is 2. The third-order valence-corrected chi connectivity index (χ3v) is 6.59. The molecule has 142 valence electrons. The standard InChI is InChI=1S/C21H25N3O2S/c1-16-22-18(14-27-16)19(25)24-13-10-21(15-24)9-5-11-23(20(21)26)12-8-17-6-3-2-4-7-17/h2-4,6-7,14H,5,8-13,15H2,1H3. The number of thiazole rings is 1. The van der Waals surface area contributed by atoms with Crippen molar-refractivity contribution in [3.63, 3.8) is 0 Å². The second kappa shape index (κ2) is 7.43. The molecule has 1 spiro atoms. The summed E-state index contributed by atoms with van der Waals surface area (Å²) in [6.45, 7) is 4.66. The molecule has 5 nitrogen and oxygen atoms in total. The predicted molar refractivity (Wildman–Crippen MR) is 106 cm³/mol. The van der Waals surface area contributed by atoms with Gasteiger partial charge in [0, 0.05) is 31.6 Å². The Morgan fingerprint density at radius 3 is 2.78 bits per heavy atom. The lowest BCUT2D eigenvalue weighted by atomic mass is 9.78. The van der Waals surface area contributed by atoms with Crippen molar-refractivity contribution in [2.75, 3.05) is 26.2 Å². The molecule has 2 aliphatic heterocycles. The molecule has 27 heavy (non-hydrogen) atoms. The van der Waals surface area contributed by atoms with Crippen LogP contribution in [0.1, 0.15) is 40.3 Å². The highest BCUT2D eigenvalue weighted by atomic mass is 32.1. The number of piperidine rings is 1. The van der Waals surface area contributed by atoms with Gasteiger partial charge >= 0.3 is 0 Å². The zero-order valence-corrected chi connectivity index (χ0v) is 16.5. The lowest BCUT2D eigenvalue weighted by molar-refractivity contribution is -0.145. The van der Waals surface area contributed by atoms with Gasteiger partial charge in [0.25, 0.3) is 5.91 Å². The number of rotatable bonds is 4. The molecule has 2 amide bonds. The number of hydrogen-bond donors (Lipinski definition) is 0. The Kier molecular flexibility index (Phi) is 5.00. The highest BCUT2D eigenvalue weighted by Crippen LogP contribution is 2.40. The number of amides is 2. The largest absolute Gasteiger partial charge is 0.342 e. The molecule has 1 atom stereocenters. The van der Waals surface area contributed by atoms with E-state index in [1.54, 1.807) is 0 Å². The molecule has 1 aromatic heterocycles. The molecular formula is C21H25N3O2S. The van der Waals surface area contributed by atoms with Gasteiger partial charge in [0.1, 0.15) is 5.69 Å². The molecular weight excluding hydrogens is 358 g/mol. The average molecular weight is 384 g/mol. The normalized spacial score (nSPS) is 22.6. The van der Waals surface area contributed by atoms with Crippen LogP contribution in [0.4, 0.5) is 0 Å². The van der Waals surface area contributed by atoms with Crippen LogP contribution in [0.2, 0.25) is 0 Å². The van der Waals surface area contributed by atoms with Crippen LogP contribution in [0.5, 0.6) is 0 Å². The van der Waals surface area contributed by atoms with Crippen LogP contribution < -0.4 is 0 Å². The number of aromatic nitrogens is 1. The molecule has 6 heteroatoms. The van der Waals surface area contributed by atoms with E-state index in [4.69, 9.17) is 0 Å². The molecule has 0 radical (unpaired) electrons. The summed E-state index contributed by atoms with van der Waals surface area (Å²) in [6, 6.07) is 10.3. The van der Waals surface area contributed by atoms with E-state index in [0.29, 0.717) is 18.8 Å². The van der Waals surface area contributed by atoms with E-state index in [1.165, 1.54) is 16.9 Å². The Balaban J connectivity index is 1.42. The minimum absolute atomic E-state index is 0.0366. The van der Waals surface area contributed by atoms with Gasteiger partial charge in [-0.1, -0.05) is 30.3 Å². The maximum atomic E-state index is 13.3. The zero-order chi connectivity index (χ0) is 18.9. The Morgan fingerprint density at radius 2 is 2.04 bits per heavy atom. The fourth-order valence-electron chi connectivity index (χ4n) is 4.32. The van der Waals surface area contributed by atoms with E-state index < -0.39 is 5.41 Å². The molecule has 3 heterocycles. The minimum Gasteiger partial charge on any atom is -0.342 e. The average Bonchev–Trinajstić information content (AvgIpc) is 3.31. The van der Waals surface area contributed by atoms with E-state index >= 15 is 0 Å². The molecule has 2 aliphatic rings. The number of aryl methyl sites for hydroxylation is 1. The van der Waals surface area contributed by atoms with Crippen molar-refractivity contribution in [1.29, 1.82) is 0 Å². The number of carbonyl (C=O) groups excluding carboxylic acids is 2. The summed E-state index contributed by atoms with van der Waals surface area (Å²) in [4.78, 5) is 34.1. The summed E-state index contributed by atoms with van der Waals surface area (Å²) >= 11 is 1.49.